The fraction of sp³-hybridized carbons (Fsp3) is 0.467. The zero-order valence-electron chi connectivity index (χ0n) is 46.1. The molecule has 408 valence electrons. The molecule has 17 nitrogen and oxygen atoms in total. The first-order valence-electron chi connectivity index (χ1n) is 26.7. The lowest BCUT2D eigenvalue weighted by Crippen LogP contribution is -2.57. The average Bonchev–Trinajstić information content (AvgIpc) is 4.20. The number of carbonyl (C=O) groups excluding carboxylic acids is 4. The number of ketones is 1. The fourth-order valence-corrected chi connectivity index (χ4v) is 10.3. The Morgan fingerprint density at radius 3 is 2.19 bits per heavy atom. The second-order valence-corrected chi connectivity index (χ2v) is 21.9. The molecule has 0 spiro atoms. The van der Waals surface area contributed by atoms with E-state index in [2.05, 4.69) is 75.4 Å². The number of aliphatic hydroxyl groups is 1. The monoisotopic (exact) mass is 1050 g/mol. The number of hydrogen-bond acceptors (Lipinski definition) is 13. The molecule has 1 aliphatic carbocycles. The Kier molecular flexibility index (Phi) is 17.9. The minimum atomic E-state index is -0.961. The molecule has 6 atom stereocenters. The summed E-state index contributed by atoms with van der Waals surface area (Å²) >= 11 is 0. The van der Waals surface area contributed by atoms with Crippen molar-refractivity contribution in [1.29, 1.82) is 0 Å². The summed E-state index contributed by atoms with van der Waals surface area (Å²) in [7, 11) is 0. The van der Waals surface area contributed by atoms with Gasteiger partial charge >= 0.3 is 0 Å². The first-order valence-corrected chi connectivity index (χ1v) is 26.7. The van der Waals surface area contributed by atoms with Crippen LogP contribution in [0.5, 0.6) is 5.75 Å². The van der Waals surface area contributed by atoms with E-state index in [1.807, 2.05) is 97.0 Å². The number of oxazole rings is 1. The Hall–Kier alpha value is -7.08. The summed E-state index contributed by atoms with van der Waals surface area (Å²) in [6.45, 7) is 20.6. The number of aliphatic imine (C=N–C) groups is 1. The molecule has 17 heteroatoms. The number of likely N-dealkylation sites (tertiary alicyclic amines) is 1. The molecule has 1 saturated heterocycles. The number of ether oxygens (including phenoxy) is 3. The van der Waals surface area contributed by atoms with Crippen molar-refractivity contribution in [3.05, 3.63) is 136 Å². The molecule has 3 aliphatic rings. The zero-order valence-corrected chi connectivity index (χ0v) is 46.1. The summed E-state index contributed by atoms with van der Waals surface area (Å²) in [5.74, 6) is 1.49. The van der Waals surface area contributed by atoms with E-state index < -0.39 is 41.5 Å². The number of hydrogen-bond donors (Lipinski definition) is 3. The number of allylic oxidation sites excluding steroid dienone is 4. The van der Waals surface area contributed by atoms with E-state index in [1.54, 1.807) is 0 Å². The molecule has 2 aliphatic heterocycles. The Labute approximate surface area is 451 Å². The molecule has 5 aromatic rings. The molecule has 4 heterocycles. The Morgan fingerprint density at radius 2 is 1.51 bits per heavy atom. The highest BCUT2D eigenvalue weighted by atomic mass is 16.5. The van der Waals surface area contributed by atoms with Gasteiger partial charge in [-0.1, -0.05) is 99.5 Å². The molecular weight excluding hydrogens is 977 g/mol. The normalized spacial score (nSPS) is 18.6. The smallest absolute Gasteiger partial charge is 0.246 e. The minimum Gasteiger partial charge on any atom is -0.494 e. The van der Waals surface area contributed by atoms with Gasteiger partial charge in [-0.15, -0.1) is 10.2 Å². The molecule has 8 rings (SSSR count). The molecule has 1 fully saturated rings. The van der Waals surface area contributed by atoms with Gasteiger partial charge in [0, 0.05) is 61.2 Å². The van der Waals surface area contributed by atoms with Crippen LogP contribution in [0.2, 0.25) is 0 Å². The van der Waals surface area contributed by atoms with Crippen molar-refractivity contribution in [2.24, 2.45) is 10.4 Å². The number of nitrogens with one attached hydrogen (secondary N) is 2. The number of fused-ring (bicyclic) bond motifs is 2. The van der Waals surface area contributed by atoms with Gasteiger partial charge in [0.1, 0.15) is 30.3 Å². The van der Waals surface area contributed by atoms with E-state index in [9.17, 15) is 24.3 Å². The largest absolute Gasteiger partial charge is 0.494 e. The topological polar surface area (TPSA) is 213 Å². The third-order valence-electron chi connectivity index (χ3n) is 14.8. The van der Waals surface area contributed by atoms with Gasteiger partial charge < -0.3 is 39.3 Å². The van der Waals surface area contributed by atoms with Gasteiger partial charge in [-0.3, -0.25) is 28.7 Å². The lowest BCUT2D eigenvalue weighted by molar-refractivity contribution is -0.144. The third kappa shape index (κ3) is 13.4. The maximum absolute atomic E-state index is 14.1. The third-order valence-corrected chi connectivity index (χ3v) is 14.8. The van der Waals surface area contributed by atoms with Crippen LogP contribution in [0, 0.1) is 26.2 Å². The van der Waals surface area contributed by atoms with Gasteiger partial charge in [-0.05, 0) is 81.7 Å². The van der Waals surface area contributed by atoms with E-state index in [4.69, 9.17) is 23.6 Å². The number of rotatable bonds is 22. The first-order chi connectivity index (χ1) is 36.8. The molecule has 77 heavy (non-hydrogen) atoms. The lowest BCUT2D eigenvalue weighted by Gasteiger charge is -2.35. The van der Waals surface area contributed by atoms with Crippen LogP contribution in [-0.2, 0) is 28.7 Å². The molecule has 3 aromatic carbocycles. The highest BCUT2D eigenvalue weighted by Gasteiger charge is 2.44. The summed E-state index contributed by atoms with van der Waals surface area (Å²) in [4.78, 5) is 65.6. The van der Waals surface area contributed by atoms with Crippen LogP contribution in [0.1, 0.15) is 138 Å². The van der Waals surface area contributed by atoms with E-state index in [0.717, 1.165) is 62.7 Å². The Balaban J connectivity index is 0.738. The van der Waals surface area contributed by atoms with Crippen molar-refractivity contribution in [3.63, 3.8) is 0 Å². The molecule has 0 bridgehead atoms. The predicted molar refractivity (Wildman–Crippen MR) is 293 cm³/mol. The molecule has 3 N–H and O–H groups in total. The number of amides is 3. The number of aryl methyl sites for hydroxylation is 3. The Bertz CT molecular complexity index is 3020. The van der Waals surface area contributed by atoms with Crippen LogP contribution in [0.3, 0.4) is 0 Å². The second kappa shape index (κ2) is 24.5. The molecule has 3 unspecified atom stereocenters. The molecule has 3 amide bonds. The summed E-state index contributed by atoms with van der Waals surface area (Å²) in [5.41, 5.74) is 10.6. The lowest BCUT2D eigenvalue weighted by atomic mass is 9.85. The maximum atomic E-state index is 14.1. The van der Waals surface area contributed by atoms with Gasteiger partial charge in [0.25, 0.3) is 0 Å². The van der Waals surface area contributed by atoms with Crippen LogP contribution >= 0.6 is 0 Å². The van der Waals surface area contributed by atoms with Gasteiger partial charge in [0.2, 0.25) is 17.7 Å². The van der Waals surface area contributed by atoms with Gasteiger partial charge in [-0.2, -0.15) is 0 Å². The van der Waals surface area contributed by atoms with Gasteiger partial charge in [-0.25, -0.2) is 4.98 Å². The number of aliphatic hydroxyl groups excluding tert-OH is 1. The second-order valence-electron chi connectivity index (χ2n) is 21.9. The quantitative estimate of drug-likeness (QED) is 0.0556. The van der Waals surface area contributed by atoms with Crippen molar-refractivity contribution >= 4 is 34.9 Å². The molecular formula is C60H74N8O9. The first kappa shape index (κ1) is 56.1. The molecule has 0 saturated carbocycles. The van der Waals surface area contributed by atoms with E-state index in [0.29, 0.717) is 37.0 Å². The fourth-order valence-electron chi connectivity index (χ4n) is 10.3. The number of β-amino-alcohol motifs (C(OH)–C–C–N with tert-alkyl or cyclic N) is 1. The standard InChI is InChI=1S/C60H74N8O9/c1-35-12-14-44(15-13-35)55-54-38(4)36(2)28-50(54)68-41(7)65-66-58(68)48(63-55)31-52(71)62-39(5)43-20-22-47(23-21-43)76-25-11-24-74-26-27-75-33-53(72)64-57(60(8,9)10)59(73)67-32-46(69)30-49(67)51(70)29-37(3)42-16-18-45(19-17-42)56-40(6)61-34-77-56/h12-23,34,37,39,46,48-49,57,69H,11,24-33H2,1-10H3,(H,62,71)(H,64,72)/t37-,39?,46?,48?,49+,57-/m1/s1. The summed E-state index contributed by atoms with van der Waals surface area (Å²) in [5, 5.41) is 25.7. The maximum Gasteiger partial charge on any atom is 0.246 e. The van der Waals surface area contributed by atoms with Crippen LogP contribution in [0.4, 0.5) is 0 Å². The van der Waals surface area contributed by atoms with Crippen LogP contribution in [0.25, 0.3) is 17.0 Å². The summed E-state index contributed by atoms with van der Waals surface area (Å²) in [6.07, 6.45) is 2.35. The Morgan fingerprint density at radius 1 is 0.818 bits per heavy atom. The van der Waals surface area contributed by atoms with Gasteiger partial charge in [0.05, 0.1) is 55.8 Å². The van der Waals surface area contributed by atoms with Crippen molar-refractivity contribution in [3.8, 4) is 17.1 Å². The van der Waals surface area contributed by atoms with Crippen molar-refractivity contribution in [2.45, 2.75) is 138 Å². The van der Waals surface area contributed by atoms with Crippen molar-refractivity contribution in [1.82, 2.24) is 35.3 Å². The van der Waals surface area contributed by atoms with Crippen LogP contribution in [0.15, 0.2) is 105 Å². The number of aromatic nitrogens is 4. The number of Topliss-reactive ketones (excluding diaryl/α,β-unsaturated/α-hetero) is 1. The SMILES string of the molecule is CC1=C(C)C2=C(C1)n1c(C)nnc1C(CC(=O)NC(C)c1ccc(OCCCOCCOCC(=O)N[C@H](C(=O)N3CC(O)C[C@H]3C(=O)C[C@@H](C)c3ccc(-c4ocnc4C)cc3)C(C)(C)C)cc1)N=C2c1ccc(C)cc1. The highest BCUT2D eigenvalue weighted by Crippen LogP contribution is 2.42. The minimum absolute atomic E-state index is 0.00257. The molecule has 2 aromatic heterocycles. The van der Waals surface area contributed by atoms with Crippen molar-refractivity contribution < 1.29 is 42.9 Å². The van der Waals surface area contributed by atoms with Crippen LogP contribution in [-0.4, -0.2) is 117 Å². The van der Waals surface area contributed by atoms with Crippen LogP contribution < -0.4 is 15.4 Å². The van der Waals surface area contributed by atoms with Crippen molar-refractivity contribution in [2.75, 3.05) is 39.6 Å². The predicted octanol–water partition coefficient (Wildman–Crippen LogP) is 8.68. The number of benzene rings is 3. The number of nitrogens with zero attached hydrogens (tertiary/aromatic N) is 6. The highest BCUT2D eigenvalue weighted by molar-refractivity contribution is 6.19. The number of carbonyl (C=O) groups is 4. The molecule has 0 radical (unpaired) electrons. The zero-order chi connectivity index (χ0) is 55.1. The summed E-state index contributed by atoms with van der Waals surface area (Å²) < 4.78 is 24.9. The van der Waals surface area contributed by atoms with E-state index in [1.165, 1.54) is 22.4 Å². The van der Waals surface area contributed by atoms with Gasteiger partial charge in [0.15, 0.2) is 23.8 Å². The summed E-state index contributed by atoms with van der Waals surface area (Å²) in [6, 6.07) is 21.2. The average molecular weight is 1050 g/mol. The van der Waals surface area contributed by atoms with E-state index >= 15 is 0 Å². The van der Waals surface area contributed by atoms with E-state index in [-0.39, 0.29) is 69.3 Å².